The van der Waals surface area contributed by atoms with Gasteiger partial charge in [-0.25, -0.2) is 0 Å². The number of carbonyl (C=O) groups is 1. The monoisotopic (exact) mass is 352 g/mol. The maximum absolute atomic E-state index is 13.1. The molecule has 25 heavy (non-hydrogen) atoms. The lowest BCUT2D eigenvalue weighted by atomic mass is 9.86. The molecule has 1 atom stereocenters. The van der Waals surface area contributed by atoms with E-state index in [1.807, 2.05) is 54.9 Å². The van der Waals surface area contributed by atoms with E-state index in [2.05, 4.69) is 32.3 Å². The standard InChI is InChI=1S/C21H24N2OS/c1-5-13-22-20(25)18(23-14-7-6-8-15-23)19(24)16-9-11-17(12-10-16)21(2,3)4/h5-12,14-15,18H,1,13H2,2-4H3/t18-/m0/s1. The molecule has 0 N–H and O–H groups in total. The van der Waals surface area contributed by atoms with Gasteiger partial charge < -0.3 is 17.6 Å². The van der Waals surface area contributed by atoms with Crippen LogP contribution in [0.5, 0.6) is 0 Å². The van der Waals surface area contributed by atoms with Gasteiger partial charge in [-0.3, -0.25) is 4.79 Å². The smallest absolute Gasteiger partial charge is 0.237 e. The molecule has 1 aromatic carbocycles. The average molecular weight is 353 g/mol. The Morgan fingerprint density at radius 1 is 1.20 bits per heavy atom. The topological polar surface area (TPSA) is 33.3 Å². The number of carbonyl (C=O) groups excluding carboxylic acids is 1. The van der Waals surface area contributed by atoms with Gasteiger partial charge in [-0.05, 0) is 16.0 Å². The zero-order valence-electron chi connectivity index (χ0n) is 15.0. The number of Topliss-reactive ketones (excluding diaryl/α,β-unsaturated/α-hetero) is 1. The molecule has 0 fully saturated rings. The Hall–Kier alpha value is -2.33. The third kappa shape index (κ3) is 4.83. The predicted molar refractivity (Wildman–Crippen MR) is 105 cm³/mol. The molecule has 0 aliphatic carbocycles. The summed E-state index contributed by atoms with van der Waals surface area (Å²) >= 11 is 5.43. The van der Waals surface area contributed by atoms with Gasteiger partial charge >= 0.3 is 0 Å². The Balaban J connectivity index is 2.40. The Labute approximate surface area is 155 Å². The zero-order valence-corrected chi connectivity index (χ0v) is 15.8. The first kappa shape index (κ1) is 19.0. The number of ketones is 1. The third-order valence-corrected chi connectivity index (χ3v) is 4.28. The zero-order chi connectivity index (χ0) is 18.4. The van der Waals surface area contributed by atoms with Gasteiger partial charge in [0.25, 0.3) is 0 Å². The Morgan fingerprint density at radius 2 is 1.80 bits per heavy atom. The fourth-order valence-electron chi connectivity index (χ4n) is 2.49. The molecule has 0 aliphatic rings. The second kappa shape index (κ2) is 8.17. The molecule has 0 saturated carbocycles. The summed E-state index contributed by atoms with van der Waals surface area (Å²) in [5, 5.41) is 0.362. The van der Waals surface area contributed by atoms with Crippen LogP contribution in [0.2, 0.25) is 0 Å². The minimum absolute atomic E-state index is 0.0454. The summed E-state index contributed by atoms with van der Waals surface area (Å²) < 4.78 is 1.80. The van der Waals surface area contributed by atoms with Crippen LogP contribution in [0.15, 0.2) is 72.5 Å². The van der Waals surface area contributed by atoms with Crippen LogP contribution in [0.4, 0.5) is 0 Å². The molecule has 2 rings (SSSR count). The number of benzene rings is 1. The summed E-state index contributed by atoms with van der Waals surface area (Å²) in [6.45, 7) is 10.5. The molecular formula is C21H24N2OS. The molecule has 0 saturated heterocycles. The van der Waals surface area contributed by atoms with Crippen LogP contribution in [0.3, 0.4) is 0 Å². The van der Waals surface area contributed by atoms with Crippen molar-refractivity contribution in [3.05, 3.63) is 78.6 Å². The lowest BCUT2D eigenvalue weighted by molar-refractivity contribution is -0.691. The molecule has 1 heterocycles. The Kier molecular flexibility index (Phi) is 6.21. The SMILES string of the molecule is C=CCN=C([S-])[C@H](C(=O)c1ccc(C(C)(C)C)cc1)[n+]1ccccc1. The summed E-state index contributed by atoms with van der Waals surface area (Å²) in [7, 11) is 0. The number of aromatic nitrogens is 1. The highest BCUT2D eigenvalue weighted by atomic mass is 32.1. The van der Waals surface area contributed by atoms with Gasteiger partial charge in [0.1, 0.15) is 0 Å². The number of aliphatic imine (C=N–C) groups is 1. The first-order valence-electron chi connectivity index (χ1n) is 8.27. The molecule has 0 bridgehead atoms. The highest BCUT2D eigenvalue weighted by molar-refractivity contribution is 7.77. The number of nitrogens with zero attached hydrogens (tertiary/aromatic N) is 2. The second-order valence-electron chi connectivity index (χ2n) is 6.88. The van der Waals surface area contributed by atoms with Crippen LogP contribution in [-0.4, -0.2) is 17.4 Å². The number of pyridine rings is 1. The van der Waals surface area contributed by atoms with Crippen molar-refractivity contribution < 1.29 is 9.36 Å². The maximum Gasteiger partial charge on any atom is 0.237 e. The van der Waals surface area contributed by atoms with Gasteiger partial charge in [0.15, 0.2) is 12.4 Å². The Morgan fingerprint density at radius 3 is 2.32 bits per heavy atom. The van der Waals surface area contributed by atoms with Crippen molar-refractivity contribution >= 4 is 23.5 Å². The maximum atomic E-state index is 13.1. The molecule has 130 valence electrons. The molecule has 2 aromatic rings. The van der Waals surface area contributed by atoms with E-state index in [-0.39, 0.29) is 11.2 Å². The third-order valence-electron chi connectivity index (χ3n) is 3.93. The number of hydrogen-bond donors (Lipinski definition) is 0. The highest BCUT2D eigenvalue weighted by Crippen LogP contribution is 2.23. The summed E-state index contributed by atoms with van der Waals surface area (Å²) in [5.41, 5.74) is 1.86. The fraction of sp³-hybridized carbons (Fsp3) is 0.286. The van der Waals surface area contributed by atoms with Gasteiger partial charge in [0, 0.05) is 17.7 Å². The summed E-state index contributed by atoms with van der Waals surface area (Å²) in [5.74, 6) is -0.0607. The van der Waals surface area contributed by atoms with Crippen molar-refractivity contribution in [3.8, 4) is 0 Å². The van der Waals surface area contributed by atoms with E-state index in [9.17, 15) is 4.79 Å². The molecular weight excluding hydrogens is 328 g/mol. The average Bonchev–Trinajstić information content (AvgIpc) is 2.60. The van der Waals surface area contributed by atoms with Crippen molar-refractivity contribution in [2.45, 2.75) is 32.2 Å². The quantitative estimate of drug-likeness (QED) is 0.198. The van der Waals surface area contributed by atoms with Crippen LogP contribution in [0.25, 0.3) is 0 Å². The molecule has 3 nitrogen and oxygen atoms in total. The molecule has 4 heteroatoms. The van der Waals surface area contributed by atoms with Crippen LogP contribution in [0.1, 0.15) is 42.7 Å². The largest absolute Gasteiger partial charge is 0.758 e. The van der Waals surface area contributed by atoms with Gasteiger partial charge in [-0.1, -0.05) is 57.2 Å². The lowest BCUT2D eigenvalue weighted by Crippen LogP contribution is -2.47. The van der Waals surface area contributed by atoms with Crippen molar-refractivity contribution in [2.75, 3.05) is 6.54 Å². The van der Waals surface area contributed by atoms with Crippen molar-refractivity contribution in [3.63, 3.8) is 0 Å². The van der Waals surface area contributed by atoms with Crippen molar-refractivity contribution in [1.29, 1.82) is 0 Å². The minimum Gasteiger partial charge on any atom is -0.758 e. The van der Waals surface area contributed by atoms with Crippen LogP contribution < -0.4 is 4.57 Å². The normalized spacial score (nSPS) is 13.3. The van der Waals surface area contributed by atoms with Crippen LogP contribution in [0, 0.1) is 0 Å². The summed E-state index contributed by atoms with van der Waals surface area (Å²) in [6, 6.07) is 12.8. The van der Waals surface area contributed by atoms with E-state index in [0.717, 1.165) is 0 Å². The van der Waals surface area contributed by atoms with E-state index < -0.39 is 6.04 Å². The molecule has 0 amide bonds. The van der Waals surface area contributed by atoms with Crippen molar-refractivity contribution in [1.82, 2.24) is 0 Å². The summed E-state index contributed by atoms with van der Waals surface area (Å²) in [4.78, 5) is 17.4. The van der Waals surface area contributed by atoms with Crippen molar-refractivity contribution in [2.24, 2.45) is 4.99 Å². The van der Waals surface area contributed by atoms with Gasteiger partial charge in [0.2, 0.25) is 11.8 Å². The van der Waals surface area contributed by atoms with E-state index in [1.54, 1.807) is 10.6 Å². The van der Waals surface area contributed by atoms with E-state index in [0.29, 0.717) is 17.2 Å². The van der Waals surface area contributed by atoms with Gasteiger partial charge in [0.05, 0.1) is 6.54 Å². The van der Waals surface area contributed by atoms with E-state index >= 15 is 0 Å². The van der Waals surface area contributed by atoms with E-state index in [4.69, 9.17) is 12.6 Å². The van der Waals surface area contributed by atoms with Crippen LogP contribution in [-0.2, 0) is 18.0 Å². The van der Waals surface area contributed by atoms with Gasteiger partial charge in [-0.2, -0.15) is 4.57 Å². The lowest BCUT2D eigenvalue weighted by Gasteiger charge is -2.20. The first-order valence-corrected chi connectivity index (χ1v) is 8.68. The molecule has 0 unspecified atom stereocenters. The second-order valence-corrected chi connectivity index (χ2v) is 7.30. The highest BCUT2D eigenvalue weighted by Gasteiger charge is 2.28. The molecule has 0 radical (unpaired) electrons. The molecule has 1 aromatic heterocycles. The predicted octanol–water partition coefficient (Wildman–Crippen LogP) is 3.83. The summed E-state index contributed by atoms with van der Waals surface area (Å²) in [6.07, 6.45) is 5.34. The fourth-order valence-corrected chi connectivity index (χ4v) is 2.80. The van der Waals surface area contributed by atoms with Crippen LogP contribution >= 0.6 is 0 Å². The van der Waals surface area contributed by atoms with Gasteiger partial charge in [-0.15, -0.1) is 6.58 Å². The Bertz CT molecular complexity index is 759. The first-order chi connectivity index (χ1) is 11.8. The van der Waals surface area contributed by atoms with E-state index in [1.165, 1.54) is 5.56 Å². The minimum atomic E-state index is -0.628. The number of rotatable bonds is 6. The molecule has 0 spiro atoms. The number of hydrogen-bond acceptors (Lipinski definition) is 3. The molecule has 0 aliphatic heterocycles.